The fourth-order valence-electron chi connectivity index (χ4n) is 2.48. The Kier molecular flexibility index (Phi) is 5.35. The molecule has 1 aromatic heterocycles. The summed E-state index contributed by atoms with van der Waals surface area (Å²) < 4.78 is 0. The third-order valence-corrected chi connectivity index (χ3v) is 5.01. The van der Waals surface area contributed by atoms with Crippen molar-refractivity contribution in [2.45, 2.75) is 51.4 Å². The molecule has 1 aliphatic rings. The van der Waals surface area contributed by atoms with E-state index >= 15 is 0 Å². The van der Waals surface area contributed by atoms with E-state index in [2.05, 4.69) is 22.4 Å². The lowest BCUT2D eigenvalue weighted by Crippen LogP contribution is -2.13. The molecule has 0 bridgehead atoms. The maximum absolute atomic E-state index is 12.2. The summed E-state index contributed by atoms with van der Waals surface area (Å²) in [5.74, 6) is 0.332. The third-order valence-electron chi connectivity index (χ3n) is 4.01. The van der Waals surface area contributed by atoms with Crippen molar-refractivity contribution >= 4 is 28.2 Å². The molecule has 24 heavy (non-hydrogen) atoms. The highest BCUT2D eigenvalue weighted by molar-refractivity contribution is 7.15. The Morgan fingerprint density at radius 2 is 1.92 bits per heavy atom. The number of carbonyl (C=O) groups is 2. The zero-order chi connectivity index (χ0) is 16.9. The number of hydrogen-bond donors (Lipinski definition) is 1. The average molecular weight is 343 g/mol. The van der Waals surface area contributed by atoms with Crippen LogP contribution in [0.2, 0.25) is 0 Å². The largest absolute Gasteiger partial charge is 0.301 e. The van der Waals surface area contributed by atoms with Gasteiger partial charge in [0.1, 0.15) is 5.01 Å². The van der Waals surface area contributed by atoms with Crippen LogP contribution in [0.15, 0.2) is 24.3 Å². The highest BCUT2D eigenvalue weighted by atomic mass is 32.1. The lowest BCUT2D eigenvalue weighted by molar-refractivity contribution is -0.116. The van der Waals surface area contributed by atoms with Crippen molar-refractivity contribution in [1.82, 2.24) is 10.2 Å². The molecule has 2 aromatic rings. The Morgan fingerprint density at radius 1 is 1.17 bits per heavy atom. The van der Waals surface area contributed by atoms with Gasteiger partial charge in [0.25, 0.3) is 0 Å². The monoisotopic (exact) mass is 343 g/mol. The third kappa shape index (κ3) is 4.47. The summed E-state index contributed by atoms with van der Waals surface area (Å²) >= 11 is 1.43. The number of Topliss-reactive ketones (excluding diaryl/α,β-unsaturated/α-hetero) is 1. The van der Waals surface area contributed by atoms with Crippen LogP contribution in [0.4, 0.5) is 5.13 Å². The molecule has 6 heteroatoms. The van der Waals surface area contributed by atoms with Gasteiger partial charge in [-0.25, -0.2) is 0 Å². The standard InChI is InChI=1S/C18H21N3O2S/c1-2-3-12-4-6-13(7-5-12)15(22)10-11-16(23)19-18-21-20-17(24-18)14-8-9-14/h4-7,14H,2-3,8-11H2,1H3,(H,19,21,23). The Morgan fingerprint density at radius 3 is 2.58 bits per heavy atom. The van der Waals surface area contributed by atoms with E-state index in [9.17, 15) is 9.59 Å². The molecular formula is C18H21N3O2S. The van der Waals surface area contributed by atoms with Gasteiger partial charge >= 0.3 is 0 Å². The van der Waals surface area contributed by atoms with Gasteiger partial charge in [0.15, 0.2) is 5.78 Å². The van der Waals surface area contributed by atoms with Crippen molar-refractivity contribution in [2.75, 3.05) is 5.32 Å². The van der Waals surface area contributed by atoms with Crippen LogP contribution in [-0.4, -0.2) is 21.9 Å². The summed E-state index contributed by atoms with van der Waals surface area (Å²) in [5, 5.41) is 12.3. The molecule has 1 N–H and O–H groups in total. The molecule has 1 aliphatic carbocycles. The lowest BCUT2D eigenvalue weighted by atomic mass is 10.0. The second-order valence-corrected chi connectivity index (χ2v) is 7.15. The van der Waals surface area contributed by atoms with Crippen molar-refractivity contribution < 1.29 is 9.59 Å². The Labute approximate surface area is 145 Å². The molecule has 0 saturated heterocycles. The van der Waals surface area contributed by atoms with Gasteiger partial charge in [0.2, 0.25) is 11.0 Å². The molecule has 1 amide bonds. The number of nitrogens with zero attached hydrogens (tertiary/aromatic N) is 2. The first-order valence-electron chi connectivity index (χ1n) is 8.41. The van der Waals surface area contributed by atoms with Crippen LogP contribution in [0.25, 0.3) is 0 Å². The summed E-state index contributed by atoms with van der Waals surface area (Å²) in [6, 6.07) is 7.66. The molecule has 5 nitrogen and oxygen atoms in total. The number of aromatic nitrogens is 2. The van der Waals surface area contributed by atoms with Crippen LogP contribution in [-0.2, 0) is 11.2 Å². The van der Waals surface area contributed by atoms with E-state index in [1.807, 2.05) is 24.3 Å². The van der Waals surface area contributed by atoms with E-state index in [0.717, 1.165) is 30.7 Å². The van der Waals surface area contributed by atoms with Gasteiger partial charge < -0.3 is 5.32 Å². The molecule has 0 aliphatic heterocycles. The summed E-state index contributed by atoms with van der Waals surface area (Å²) in [7, 11) is 0. The average Bonchev–Trinajstić information content (AvgIpc) is 3.34. The highest BCUT2D eigenvalue weighted by Crippen LogP contribution is 2.42. The maximum Gasteiger partial charge on any atom is 0.226 e. The summed E-state index contributed by atoms with van der Waals surface area (Å²) in [6.45, 7) is 2.13. The summed E-state index contributed by atoms with van der Waals surface area (Å²) in [6.07, 6.45) is 4.78. The van der Waals surface area contributed by atoms with Gasteiger partial charge in [0.05, 0.1) is 0 Å². The number of nitrogens with one attached hydrogen (secondary N) is 1. The quantitative estimate of drug-likeness (QED) is 0.736. The zero-order valence-electron chi connectivity index (χ0n) is 13.7. The van der Waals surface area contributed by atoms with Crippen molar-refractivity contribution in [3.05, 3.63) is 40.4 Å². The fourth-order valence-corrected chi connectivity index (χ4v) is 3.41. The second kappa shape index (κ2) is 7.66. The molecule has 1 saturated carbocycles. The van der Waals surface area contributed by atoms with Gasteiger partial charge in [-0.1, -0.05) is 48.9 Å². The lowest BCUT2D eigenvalue weighted by Gasteiger charge is -2.03. The Balaban J connectivity index is 1.46. The van der Waals surface area contributed by atoms with E-state index in [-0.39, 0.29) is 24.5 Å². The van der Waals surface area contributed by atoms with Gasteiger partial charge in [-0.2, -0.15) is 0 Å². The van der Waals surface area contributed by atoms with Crippen molar-refractivity contribution in [2.24, 2.45) is 0 Å². The first-order valence-corrected chi connectivity index (χ1v) is 9.22. The molecular weight excluding hydrogens is 322 g/mol. The van der Waals surface area contributed by atoms with Gasteiger partial charge in [-0.05, 0) is 24.8 Å². The molecule has 0 atom stereocenters. The number of rotatable bonds is 8. The van der Waals surface area contributed by atoms with E-state index in [1.165, 1.54) is 16.9 Å². The highest BCUT2D eigenvalue weighted by Gasteiger charge is 2.27. The molecule has 0 unspecified atom stereocenters. The summed E-state index contributed by atoms with van der Waals surface area (Å²) in [4.78, 5) is 24.1. The number of amides is 1. The predicted molar refractivity (Wildman–Crippen MR) is 94.5 cm³/mol. The Hall–Kier alpha value is -2.08. The molecule has 1 heterocycles. The topological polar surface area (TPSA) is 72.0 Å². The van der Waals surface area contributed by atoms with E-state index in [1.54, 1.807) is 0 Å². The normalized spacial score (nSPS) is 13.7. The zero-order valence-corrected chi connectivity index (χ0v) is 14.6. The fraction of sp³-hybridized carbons (Fsp3) is 0.444. The van der Waals surface area contributed by atoms with Crippen LogP contribution >= 0.6 is 11.3 Å². The smallest absolute Gasteiger partial charge is 0.226 e. The minimum Gasteiger partial charge on any atom is -0.301 e. The molecule has 0 radical (unpaired) electrons. The number of hydrogen-bond acceptors (Lipinski definition) is 5. The van der Waals surface area contributed by atoms with Crippen molar-refractivity contribution in [1.29, 1.82) is 0 Å². The molecule has 3 rings (SSSR count). The number of anilines is 1. The van der Waals surface area contributed by atoms with Gasteiger partial charge in [0, 0.05) is 24.3 Å². The predicted octanol–water partition coefficient (Wildman–Crippen LogP) is 3.97. The molecule has 1 aromatic carbocycles. The van der Waals surface area contributed by atoms with Gasteiger partial charge in [-0.3, -0.25) is 9.59 Å². The van der Waals surface area contributed by atoms with Gasteiger partial charge in [-0.15, -0.1) is 10.2 Å². The molecule has 0 spiro atoms. The minimum atomic E-state index is -0.190. The first kappa shape index (κ1) is 16.8. The number of benzene rings is 1. The van der Waals surface area contributed by atoms with Crippen LogP contribution in [0.5, 0.6) is 0 Å². The first-order chi connectivity index (χ1) is 11.7. The van der Waals surface area contributed by atoms with E-state index < -0.39 is 0 Å². The van der Waals surface area contributed by atoms with Crippen LogP contribution in [0.3, 0.4) is 0 Å². The Bertz CT molecular complexity index is 720. The number of carbonyl (C=O) groups excluding carboxylic acids is 2. The van der Waals surface area contributed by atoms with Crippen LogP contribution in [0, 0.1) is 0 Å². The number of ketones is 1. The minimum absolute atomic E-state index is 0.0101. The van der Waals surface area contributed by atoms with Crippen LogP contribution < -0.4 is 5.32 Å². The number of aryl methyl sites for hydroxylation is 1. The molecule has 1 fully saturated rings. The van der Waals surface area contributed by atoms with Crippen molar-refractivity contribution in [3.8, 4) is 0 Å². The molecule has 126 valence electrons. The summed E-state index contributed by atoms with van der Waals surface area (Å²) in [5.41, 5.74) is 1.89. The van der Waals surface area contributed by atoms with Crippen molar-refractivity contribution in [3.63, 3.8) is 0 Å². The van der Waals surface area contributed by atoms with E-state index in [4.69, 9.17) is 0 Å². The second-order valence-electron chi connectivity index (χ2n) is 6.14. The maximum atomic E-state index is 12.2. The van der Waals surface area contributed by atoms with Crippen LogP contribution in [0.1, 0.15) is 65.9 Å². The SMILES string of the molecule is CCCc1ccc(C(=O)CCC(=O)Nc2nnc(C3CC3)s2)cc1. The van der Waals surface area contributed by atoms with E-state index in [0.29, 0.717) is 16.6 Å².